The zero-order chi connectivity index (χ0) is 12.5. The van der Waals surface area contributed by atoms with Crippen molar-refractivity contribution in [3.8, 4) is 0 Å². The van der Waals surface area contributed by atoms with Crippen LogP contribution >= 0.6 is 0 Å². The van der Waals surface area contributed by atoms with Crippen LogP contribution in [0, 0.1) is 0 Å². The molecule has 1 aromatic rings. The van der Waals surface area contributed by atoms with E-state index < -0.39 is 9.84 Å². The van der Waals surface area contributed by atoms with Crippen LogP contribution in [0.5, 0.6) is 0 Å². The lowest BCUT2D eigenvalue weighted by atomic mass is 10.1. The molecule has 1 fully saturated rings. The Morgan fingerprint density at radius 3 is 2.53 bits per heavy atom. The Hall–Kier alpha value is -1.07. The van der Waals surface area contributed by atoms with Crippen LogP contribution in [0.1, 0.15) is 18.5 Å². The van der Waals surface area contributed by atoms with Crippen LogP contribution < -0.4 is 5.73 Å². The molecule has 2 rings (SSSR count). The normalized spacial score (nSPS) is 22.2. The first kappa shape index (κ1) is 12.4. The number of nitrogens with zero attached hydrogens (tertiary/aromatic N) is 1. The van der Waals surface area contributed by atoms with Gasteiger partial charge >= 0.3 is 0 Å². The SMILES string of the molecule is CC(c1cccc(N)c1)N1CCS(=O)(=O)CC1. The highest BCUT2D eigenvalue weighted by molar-refractivity contribution is 7.91. The van der Waals surface area contributed by atoms with Gasteiger partial charge in [0.1, 0.15) is 0 Å². The van der Waals surface area contributed by atoms with E-state index in [2.05, 4.69) is 11.8 Å². The van der Waals surface area contributed by atoms with Gasteiger partial charge in [-0.25, -0.2) is 8.42 Å². The summed E-state index contributed by atoms with van der Waals surface area (Å²) in [5.41, 5.74) is 7.65. The van der Waals surface area contributed by atoms with E-state index >= 15 is 0 Å². The predicted molar refractivity (Wildman–Crippen MR) is 69.5 cm³/mol. The smallest absolute Gasteiger partial charge is 0.152 e. The second-order valence-corrected chi connectivity index (χ2v) is 6.84. The molecule has 0 bridgehead atoms. The minimum Gasteiger partial charge on any atom is -0.399 e. The average Bonchev–Trinajstić information content (AvgIpc) is 2.28. The van der Waals surface area contributed by atoms with Crippen LogP contribution in [-0.2, 0) is 9.84 Å². The minimum absolute atomic E-state index is 0.217. The molecule has 0 spiro atoms. The molecule has 1 aliphatic rings. The van der Waals surface area contributed by atoms with Crippen molar-refractivity contribution in [3.05, 3.63) is 29.8 Å². The van der Waals surface area contributed by atoms with E-state index in [1.165, 1.54) is 0 Å². The average molecular weight is 254 g/mol. The predicted octanol–water partition coefficient (Wildman–Crippen LogP) is 1.06. The molecular formula is C12H18N2O2S. The van der Waals surface area contributed by atoms with E-state index in [0.717, 1.165) is 11.3 Å². The Balaban J connectivity index is 2.09. The van der Waals surface area contributed by atoms with Gasteiger partial charge in [-0.1, -0.05) is 12.1 Å². The van der Waals surface area contributed by atoms with Gasteiger partial charge in [-0.15, -0.1) is 0 Å². The summed E-state index contributed by atoms with van der Waals surface area (Å²) < 4.78 is 22.7. The van der Waals surface area contributed by atoms with E-state index in [-0.39, 0.29) is 17.5 Å². The number of nitrogen functional groups attached to an aromatic ring is 1. The first-order valence-electron chi connectivity index (χ1n) is 5.78. The summed E-state index contributed by atoms with van der Waals surface area (Å²) in [4.78, 5) is 2.19. The third-order valence-corrected chi connectivity index (χ3v) is 4.93. The molecule has 1 aliphatic heterocycles. The minimum atomic E-state index is -2.81. The van der Waals surface area contributed by atoms with E-state index in [0.29, 0.717) is 13.1 Å². The molecule has 94 valence electrons. The van der Waals surface area contributed by atoms with E-state index in [4.69, 9.17) is 5.73 Å². The van der Waals surface area contributed by atoms with Crippen LogP contribution in [0.4, 0.5) is 5.69 Å². The van der Waals surface area contributed by atoms with Crippen molar-refractivity contribution in [1.29, 1.82) is 0 Å². The number of sulfone groups is 1. The van der Waals surface area contributed by atoms with Gasteiger partial charge in [0.25, 0.3) is 0 Å². The van der Waals surface area contributed by atoms with Crippen molar-refractivity contribution in [1.82, 2.24) is 4.90 Å². The largest absolute Gasteiger partial charge is 0.399 e. The van der Waals surface area contributed by atoms with Crippen LogP contribution in [-0.4, -0.2) is 37.9 Å². The van der Waals surface area contributed by atoms with Crippen molar-refractivity contribution in [3.63, 3.8) is 0 Å². The number of benzene rings is 1. The molecular weight excluding hydrogens is 236 g/mol. The fourth-order valence-corrected chi connectivity index (χ4v) is 3.37. The van der Waals surface area contributed by atoms with Gasteiger partial charge in [-0.3, -0.25) is 4.90 Å². The summed E-state index contributed by atoms with van der Waals surface area (Å²) in [6, 6.07) is 7.99. The zero-order valence-corrected chi connectivity index (χ0v) is 10.8. The molecule has 17 heavy (non-hydrogen) atoms. The summed E-state index contributed by atoms with van der Waals surface area (Å²) in [5.74, 6) is 0.527. The number of hydrogen-bond acceptors (Lipinski definition) is 4. The maximum atomic E-state index is 11.4. The zero-order valence-electron chi connectivity index (χ0n) is 9.96. The molecule has 0 aromatic heterocycles. The molecule has 1 saturated heterocycles. The first-order chi connectivity index (χ1) is 7.98. The molecule has 1 aromatic carbocycles. The third-order valence-electron chi connectivity index (χ3n) is 3.32. The van der Waals surface area contributed by atoms with Crippen molar-refractivity contribution in [2.45, 2.75) is 13.0 Å². The third kappa shape index (κ3) is 2.98. The summed E-state index contributed by atoms with van der Waals surface area (Å²) in [5, 5.41) is 0. The molecule has 2 N–H and O–H groups in total. The first-order valence-corrected chi connectivity index (χ1v) is 7.60. The molecule has 0 amide bonds. The fourth-order valence-electron chi connectivity index (χ4n) is 2.14. The van der Waals surface area contributed by atoms with E-state index in [9.17, 15) is 8.42 Å². The van der Waals surface area contributed by atoms with Crippen LogP contribution in [0.3, 0.4) is 0 Å². The van der Waals surface area contributed by atoms with Crippen molar-refractivity contribution in [2.75, 3.05) is 30.3 Å². The number of rotatable bonds is 2. The molecule has 0 radical (unpaired) electrons. The molecule has 1 unspecified atom stereocenters. The highest BCUT2D eigenvalue weighted by atomic mass is 32.2. The van der Waals surface area contributed by atoms with Gasteiger partial charge in [-0.05, 0) is 24.6 Å². The van der Waals surface area contributed by atoms with Crippen LogP contribution in [0.2, 0.25) is 0 Å². The van der Waals surface area contributed by atoms with Gasteiger partial charge in [-0.2, -0.15) is 0 Å². The summed E-state index contributed by atoms with van der Waals surface area (Å²) in [6.45, 7) is 3.31. The monoisotopic (exact) mass is 254 g/mol. The Labute approximate surface area is 102 Å². The Morgan fingerprint density at radius 1 is 1.29 bits per heavy atom. The van der Waals surface area contributed by atoms with Crippen molar-refractivity contribution >= 4 is 15.5 Å². The molecule has 0 saturated carbocycles. The maximum absolute atomic E-state index is 11.4. The van der Waals surface area contributed by atoms with Crippen molar-refractivity contribution < 1.29 is 8.42 Å². The second kappa shape index (κ2) is 4.66. The number of nitrogens with two attached hydrogens (primary N) is 1. The van der Waals surface area contributed by atoms with Crippen LogP contribution in [0.15, 0.2) is 24.3 Å². The van der Waals surface area contributed by atoms with Crippen molar-refractivity contribution in [2.24, 2.45) is 0 Å². The van der Waals surface area contributed by atoms with Gasteiger partial charge < -0.3 is 5.73 Å². The van der Waals surface area contributed by atoms with Gasteiger partial charge in [0.2, 0.25) is 0 Å². The summed E-state index contributed by atoms with van der Waals surface area (Å²) in [6.07, 6.45) is 0. The summed E-state index contributed by atoms with van der Waals surface area (Å²) >= 11 is 0. The lowest BCUT2D eigenvalue weighted by Crippen LogP contribution is -2.41. The Kier molecular flexibility index (Phi) is 3.40. The topological polar surface area (TPSA) is 63.4 Å². The quantitative estimate of drug-likeness (QED) is 0.802. The van der Waals surface area contributed by atoms with Gasteiger partial charge in [0.15, 0.2) is 9.84 Å². The molecule has 0 aliphatic carbocycles. The lowest BCUT2D eigenvalue weighted by molar-refractivity contribution is 0.229. The molecule has 5 heteroatoms. The van der Waals surface area contributed by atoms with E-state index in [1.54, 1.807) is 0 Å². The summed E-state index contributed by atoms with van der Waals surface area (Å²) in [7, 11) is -2.81. The van der Waals surface area contributed by atoms with Gasteiger partial charge in [0, 0.05) is 24.8 Å². The lowest BCUT2D eigenvalue weighted by Gasteiger charge is -2.32. The Morgan fingerprint density at radius 2 is 1.94 bits per heavy atom. The van der Waals surface area contributed by atoms with Gasteiger partial charge in [0.05, 0.1) is 11.5 Å². The number of hydrogen-bond donors (Lipinski definition) is 1. The molecule has 1 heterocycles. The molecule has 4 nitrogen and oxygen atoms in total. The number of anilines is 1. The van der Waals surface area contributed by atoms with E-state index in [1.807, 2.05) is 24.3 Å². The Bertz CT molecular complexity index is 485. The standard InChI is InChI=1S/C12H18N2O2S/c1-10(11-3-2-4-12(13)9-11)14-5-7-17(15,16)8-6-14/h2-4,9-10H,5-8,13H2,1H3. The highest BCUT2D eigenvalue weighted by Crippen LogP contribution is 2.23. The molecule has 1 atom stereocenters. The fraction of sp³-hybridized carbons (Fsp3) is 0.500. The highest BCUT2D eigenvalue weighted by Gasteiger charge is 2.25. The maximum Gasteiger partial charge on any atom is 0.152 e. The van der Waals surface area contributed by atoms with Crippen LogP contribution in [0.25, 0.3) is 0 Å². The second-order valence-electron chi connectivity index (χ2n) is 4.53.